The Morgan fingerprint density at radius 3 is 2.32 bits per heavy atom. The van der Waals surface area contributed by atoms with E-state index in [-0.39, 0.29) is 5.56 Å². The second-order valence-corrected chi connectivity index (χ2v) is 3.96. The van der Waals surface area contributed by atoms with Crippen LogP contribution < -0.4 is 5.32 Å². The normalized spacial score (nSPS) is 11.9. The molecule has 1 atom stereocenters. The van der Waals surface area contributed by atoms with E-state index in [0.717, 1.165) is 12.1 Å². The van der Waals surface area contributed by atoms with E-state index in [1.807, 2.05) is 0 Å². The number of carboxylic acid groups (broad SMARTS) is 1. The van der Waals surface area contributed by atoms with Gasteiger partial charge in [0.15, 0.2) is 17.7 Å². The van der Waals surface area contributed by atoms with Crippen LogP contribution in [0, 0.1) is 11.6 Å². The smallest absolute Gasteiger partial charge is 0.330 e. The van der Waals surface area contributed by atoms with Crippen LogP contribution in [0.5, 0.6) is 0 Å². The largest absolute Gasteiger partial charge is 0.479 e. The van der Waals surface area contributed by atoms with Gasteiger partial charge in [0, 0.05) is 5.69 Å². The fourth-order valence-corrected chi connectivity index (χ4v) is 1.68. The average Bonchev–Trinajstić information content (AvgIpc) is 2.40. The van der Waals surface area contributed by atoms with Crippen LogP contribution in [0.1, 0.15) is 11.6 Å². The Balaban J connectivity index is 2.30. The summed E-state index contributed by atoms with van der Waals surface area (Å²) in [6.07, 6.45) is 0. The zero-order valence-electron chi connectivity index (χ0n) is 9.81. The van der Waals surface area contributed by atoms with Gasteiger partial charge in [-0.1, -0.05) is 24.3 Å². The van der Waals surface area contributed by atoms with Crippen molar-refractivity contribution in [3.63, 3.8) is 0 Å². The zero-order valence-corrected chi connectivity index (χ0v) is 9.81. The van der Waals surface area contributed by atoms with Crippen LogP contribution in [-0.2, 0) is 4.79 Å². The van der Waals surface area contributed by atoms with Crippen LogP contribution in [0.3, 0.4) is 0 Å². The molecule has 0 aliphatic carbocycles. The molecule has 0 saturated heterocycles. The summed E-state index contributed by atoms with van der Waals surface area (Å²) in [5.41, 5.74) is 0.731. The average molecular weight is 263 g/mol. The predicted molar refractivity (Wildman–Crippen MR) is 66.8 cm³/mol. The minimum atomic E-state index is -1.17. The Bertz CT molecular complexity index is 587. The molecule has 3 nitrogen and oxygen atoms in total. The van der Waals surface area contributed by atoms with Crippen molar-refractivity contribution >= 4 is 11.7 Å². The third-order valence-corrected chi connectivity index (χ3v) is 2.61. The number of hydrogen-bond acceptors (Lipinski definition) is 2. The van der Waals surface area contributed by atoms with E-state index in [1.54, 1.807) is 30.3 Å². The number of nitrogens with one attached hydrogen (secondary N) is 1. The van der Waals surface area contributed by atoms with E-state index in [4.69, 9.17) is 5.11 Å². The van der Waals surface area contributed by atoms with Crippen molar-refractivity contribution in [3.05, 3.63) is 65.7 Å². The Morgan fingerprint density at radius 1 is 1.05 bits per heavy atom. The van der Waals surface area contributed by atoms with Crippen molar-refractivity contribution in [1.82, 2.24) is 0 Å². The molecule has 0 saturated carbocycles. The molecular formula is C14H11F2NO2. The van der Waals surface area contributed by atoms with Crippen LogP contribution in [0.15, 0.2) is 48.5 Å². The molecule has 0 amide bonds. The Hall–Kier alpha value is -2.43. The second kappa shape index (κ2) is 5.48. The molecule has 0 fully saturated rings. The quantitative estimate of drug-likeness (QED) is 0.890. The van der Waals surface area contributed by atoms with E-state index in [0.29, 0.717) is 5.69 Å². The maximum absolute atomic E-state index is 13.1. The molecule has 1 unspecified atom stereocenters. The van der Waals surface area contributed by atoms with Crippen molar-refractivity contribution in [2.75, 3.05) is 5.32 Å². The van der Waals surface area contributed by atoms with Gasteiger partial charge >= 0.3 is 5.97 Å². The number of rotatable bonds is 4. The minimum Gasteiger partial charge on any atom is -0.479 e. The Labute approximate surface area is 108 Å². The lowest BCUT2D eigenvalue weighted by molar-refractivity contribution is -0.138. The minimum absolute atomic E-state index is 0.148. The highest BCUT2D eigenvalue weighted by Gasteiger charge is 2.20. The van der Waals surface area contributed by atoms with Gasteiger partial charge in [-0.05, 0) is 29.8 Å². The van der Waals surface area contributed by atoms with Gasteiger partial charge in [0.1, 0.15) is 0 Å². The lowest BCUT2D eigenvalue weighted by Gasteiger charge is -2.16. The number of para-hydroxylation sites is 1. The lowest BCUT2D eigenvalue weighted by atomic mass is 10.1. The van der Waals surface area contributed by atoms with Crippen molar-refractivity contribution in [2.24, 2.45) is 0 Å². The molecule has 0 aromatic heterocycles. The maximum atomic E-state index is 13.1. The molecule has 2 aromatic carbocycles. The summed E-state index contributed by atoms with van der Waals surface area (Å²) in [5, 5.41) is 11.9. The maximum Gasteiger partial charge on any atom is 0.330 e. The highest BCUT2D eigenvalue weighted by Crippen LogP contribution is 2.21. The van der Waals surface area contributed by atoms with E-state index in [2.05, 4.69) is 5.32 Å². The summed E-state index contributed by atoms with van der Waals surface area (Å²) >= 11 is 0. The molecule has 2 rings (SSSR count). The molecule has 2 N–H and O–H groups in total. The lowest BCUT2D eigenvalue weighted by Crippen LogP contribution is -2.20. The van der Waals surface area contributed by atoms with Crippen molar-refractivity contribution in [2.45, 2.75) is 6.04 Å². The first-order valence-electron chi connectivity index (χ1n) is 5.57. The third kappa shape index (κ3) is 3.07. The topological polar surface area (TPSA) is 49.3 Å². The standard InChI is InChI=1S/C14H11F2NO2/c15-11-7-6-9(8-12(11)16)13(14(18)19)17-10-4-2-1-3-5-10/h1-8,13,17H,(H,18,19). The monoisotopic (exact) mass is 263 g/mol. The van der Waals surface area contributed by atoms with Crippen molar-refractivity contribution in [1.29, 1.82) is 0 Å². The van der Waals surface area contributed by atoms with E-state index >= 15 is 0 Å². The molecule has 5 heteroatoms. The number of carbonyl (C=O) groups is 1. The fourth-order valence-electron chi connectivity index (χ4n) is 1.68. The van der Waals surface area contributed by atoms with Crippen molar-refractivity contribution < 1.29 is 18.7 Å². The Kier molecular flexibility index (Phi) is 3.75. The number of halogens is 2. The molecular weight excluding hydrogens is 252 g/mol. The number of anilines is 1. The number of hydrogen-bond donors (Lipinski definition) is 2. The van der Waals surface area contributed by atoms with Gasteiger partial charge in [0.05, 0.1) is 0 Å². The van der Waals surface area contributed by atoms with Gasteiger partial charge in [-0.25, -0.2) is 13.6 Å². The van der Waals surface area contributed by atoms with E-state index < -0.39 is 23.6 Å². The highest BCUT2D eigenvalue weighted by atomic mass is 19.2. The van der Waals surface area contributed by atoms with Gasteiger partial charge in [-0.3, -0.25) is 0 Å². The first kappa shape index (κ1) is 13.0. The van der Waals surface area contributed by atoms with Gasteiger partial charge in [0.25, 0.3) is 0 Å². The first-order chi connectivity index (χ1) is 9.08. The number of aliphatic carboxylic acids is 1. The van der Waals surface area contributed by atoms with Crippen LogP contribution in [0.25, 0.3) is 0 Å². The third-order valence-electron chi connectivity index (χ3n) is 2.61. The van der Waals surface area contributed by atoms with Gasteiger partial charge < -0.3 is 10.4 Å². The molecule has 0 heterocycles. The zero-order chi connectivity index (χ0) is 13.8. The highest BCUT2D eigenvalue weighted by molar-refractivity contribution is 5.79. The van der Waals surface area contributed by atoms with Gasteiger partial charge in [0.2, 0.25) is 0 Å². The second-order valence-electron chi connectivity index (χ2n) is 3.96. The van der Waals surface area contributed by atoms with Gasteiger partial charge in [-0.15, -0.1) is 0 Å². The summed E-state index contributed by atoms with van der Waals surface area (Å²) in [6.45, 7) is 0. The first-order valence-corrected chi connectivity index (χ1v) is 5.57. The SMILES string of the molecule is O=C(O)C(Nc1ccccc1)c1ccc(F)c(F)c1. The molecule has 0 radical (unpaired) electrons. The summed E-state index contributed by atoms with van der Waals surface area (Å²) in [4.78, 5) is 11.2. The predicted octanol–water partition coefficient (Wildman–Crippen LogP) is 3.20. The Morgan fingerprint density at radius 2 is 1.74 bits per heavy atom. The molecule has 0 spiro atoms. The number of carboxylic acids is 1. The fraction of sp³-hybridized carbons (Fsp3) is 0.0714. The van der Waals surface area contributed by atoms with Crippen molar-refractivity contribution in [3.8, 4) is 0 Å². The van der Waals surface area contributed by atoms with Crippen LogP contribution >= 0.6 is 0 Å². The molecule has 98 valence electrons. The van der Waals surface area contributed by atoms with E-state index in [1.165, 1.54) is 6.07 Å². The van der Waals surface area contributed by atoms with Crippen LogP contribution in [0.4, 0.5) is 14.5 Å². The number of benzene rings is 2. The summed E-state index contributed by atoms with van der Waals surface area (Å²) in [7, 11) is 0. The molecule has 2 aromatic rings. The molecule has 0 aliphatic heterocycles. The summed E-state index contributed by atoms with van der Waals surface area (Å²) in [5.74, 6) is -3.25. The van der Waals surface area contributed by atoms with Crippen LogP contribution in [-0.4, -0.2) is 11.1 Å². The molecule has 0 bridgehead atoms. The summed E-state index contributed by atoms with van der Waals surface area (Å²) in [6, 6.07) is 10.5. The van der Waals surface area contributed by atoms with Gasteiger partial charge in [-0.2, -0.15) is 0 Å². The van der Waals surface area contributed by atoms with E-state index in [9.17, 15) is 13.6 Å². The molecule has 19 heavy (non-hydrogen) atoms. The summed E-state index contributed by atoms with van der Waals surface area (Å²) < 4.78 is 26.0. The molecule has 0 aliphatic rings. The van der Waals surface area contributed by atoms with Crippen LogP contribution in [0.2, 0.25) is 0 Å².